The number of hydrogen-bond acceptors (Lipinski definition) is 3. The van der Waals surface area contributed by atoms with E-state index in [4.69, 9.17) is 5.11 Å². The second-order valence-electron chi connectivity index (χ2n) is 5.82. The number of benzene rings is 1. The first-order valence-electron chi connectivity index (χ1n) is 7.43. The molecule has 3 rings (SSSR count). The second-order valence-corrected chi connectivity index (χ2v) is 5.82. The number of carboxylic acids is 2. The normalized spacial score (nSPS) is 17.2. The van der Waals surface area contributed by atoms with Crippen molar-refractivity contribution in [2.75, 3.05) is 0 Å². The van der Waals surface area contributed by atoms with Gasteiger partial charge in [-0.25, -0.2) is 9.48 Å². The van der Waals surface area contributed by atoms with Gasteiger partial charge in [0.2, 0.25) is 0 Å². The number of carboxylic acid groups (broad SMARTS) is 2. The van der Waals surface area contributed by atoms with E-state index in [1.54, 1.807) is 0 Å². The quantitative estimate of drug-likeness (QED) is 0.884. The lowest BCUT2D eigenvalue weighted by Gasteiger charge is -2.20. The van der Waals surface area contributed by atoms with E-state index < -0.39 is 29.6 Å². The first-order valence-corrected chi connectivity index (χ1v) is 7.43. The Morgan fingerprint density at radius 2 is 1.96 bits per heavy atom. The van der Waals surface area contributed by atoms with Gasteiger partial charge in [0.25, 0.3) is 0 Å². The van der Waals surface area contributed by atoms with Crippen LogP contribution in [0.2, 0.25) is 0 Å². The number of nitrogens with zero attached hydrogens (tertiary/aromatic N) is 2. The standard InChI is InChI=1S/C16H13F3N2O4/c17-16(18,19)9-2-1-3-10(7-9)21-12-5-4-8(14(22)23)6-11(12)13(20-21)15(24)25/h1-3,7-8H,4-6H2,(H,22,23)(H,24,25). The Morgan fingerprint density at radius 1 is 1.24 bits per heavy atom. The molecule has 2 aromatic rings. The summed E-state index contributed by atoms with van der Waals surface area (Å²) < 4.78 is 39.9. The third-order valence-corrected chi connectivity index (χ3v) is 4.24. The van der Waals surface area contributed by atoms with Crippen LogP contribution in [-0.2, 0) is 23.8 Å². The molecule has 0 amide bonds. The molecule has 0 aliphatic heterocycles. The van der Waals surface area contributed by atoms with Crippen molar-refractivity contribution in [3.8, 4) is 5.69 Å². The van der Waals surface area contributed by atoms with E-state index in [2.05, 4.69) is 5.10 Å². The smallest absolute Gasteiger partial charge is 0.416 e. The van der Waals surface area contributed by atoms with Crippen molar-refractivity contribution in [1.29, 1.82) is 0 Å². The summed E-state index contributed by atoms with van der Waals surface area (Å²) in [6.45, 7) is 0. The summed E-state index contributed by atoms with van der Waals surface area (Å²) in [6.07, 6.45) is -4.05. The maximum absolute atomic E-state index is 12.9. The minimum Gasteiger partial charge on any atom is -0.481 e. The van der Waals surface area contributed by atoms with E-state index >= 15 is 0 Å². The van der Waals surface area contributed by atoms with Crippen LogP contribution in [0, 0.1) is 5.92 Å². The first-order chi connectivity index (χ1) is 11.7. The van der Waals surface area contributed by atoms with E-state index in [-0.39, 0.29) is 36.2 Å². The summed E-state index contributed by atoms with van der Waals surface area (Å²) >= 11 is 0. The van der Waals surface area contributed by atoms with Gasteiger partial charge in [-0.05, 0) is 37.5 Å². The van der Waals surface area contributed by atoms with Gasteiger partial charge >= 0.3 is 18.1 Å². The van der Waals surface area contributed by atoms with Gasteiger partial charge in [0.15, 0.2) is 5.69 Å². The molecule has 0 bridgehead atoms. The van der Waals surface area contributed by atoms with Crippen LogP contribution >= 0.6 is 0 Å². The van der Waals surface area contributed by atoms with Crippen molar-refractivity contribution >= 4 is 11.9 Å². The number of halogens is 3. The van der Waals surface area contributed by atoms with Crippen molar-refractivity contribution in [2.45, 2.75) is 25.4 Å². The molecule has 0 spiro atoms. The van der Waals surface area contributed by atoms with Crippen molar-refractivity contribution < 1.29 is 33.0 Å². The Bertz CT molecular complexity index is 858. The summed E-state index contributed by atoms with van der Waals surface area (Å²) in [7, 11) is 0. The van der Waals surface area contributed by atoms with Crippen molar-refractivity contribution in [2.24, 2.45) is 5.92 Å². The average molecular weight is 354 g/mol. The van der Waals surface area contributed by atoms with E-state index in [9.17, 15) is 27.9 Å². The largest absolute Gasteiger partial charge is 0.481 e. The zero-order valence-electron chi connectivity index (χ0n) is 12.7. The van der Waals surface area contributed by atoms with Crippen LogP contribution in [0.4, 0.5) is 13.2 Å². The van der Waals surface area contributed by atoms with Crippen molar-refractivity contribution in [1.82, 2.24) is 9.78 Å². The van der Waals surface area contributed by atoms with E-state index in [1.165, 1.54) is 16.8 Å². The van der Waals surface area contributed by atoms with Gasteiger partial charge in [0.1, 0.15) is 0 Å². The van der Waals surface area contributed by atoms with Crippen molar-refractivity contribution in [3.05, 3.63) is 46.8 Å². The summed E-state index contributed by atoms with van der Waals surface area (Å²) in [5.41, 5.74) is -0.395. The molecule has 0 fully saturated rings. The van der Waals surface area contributed by atoms with Crippen LogP contribution in [0.25, 0.3) is 5.69 Å². The Morgan fingerprint density at radius 3 is 2.56 bits per heavy atom. The molecule has 1 heterocycles. The highest BCUT2D eigenvalue weighted by Gasteiger charge is 2.34. The molecule has 25 heavy (non-hydrogen) atoms. The number of hydrogen-bond donors (Lipinski definition) is 2. The van der Waals surface area contributed by atoms with E-state index in [1.807, 2.05) is 0 Å². The first kappa shape index (κ1) is 17.0. The molecule has 9 heteroatoms. The fourth-order valence-electron chi connectivity index (χ4n) is 3.03. The van der Waals surface area contributed by atoms with Crippen LogP contribution in [-0.4, -0.2) is 31.9 Å². The maximum atomic E-state index is 12.9. The maximum Gasteiger partial charge on any atom is 0.416 e. The summed E-state index contributed by atoms with van der Waals surface area (Å²) in [6, 6.07) is 4.42. The summed E-state index contributed by atoms with van der Waals surface area (Å²) in [5.74, 6) is -3.11. The molecule has 1 unspecified atom stereocenters. The number of carbonyl (C=O) groups is 2. The predicted molar refractivity (Wildman–Crippen MR) is 78.7 cm³/mol. The highest BCUT2D eigenvalue weighted by molar-refractivity contribution is 5.88. The van der Waals surface area contributed by atoms with Gasteiger partial charge in [0, 0.05) is 11.3 Å². The van der Waals surface area contributed by atoms with Gasteiger partial charge in [-0.1, -0.05) is 6.07 Å². The number of fused-ring (bicyclic) bond motifs is 1. The minimum atomic E-state index is -4.53. The predicted octanol–water partition coefficient (Wildman–Crippen LogP) is 2.78. The van der Waals surface area contributed by atoms with Crippen LogP contribution in [0.1, 0.15) is 33.7 Å². The molecule has 1 aliphatic carbocycles. The Labute approximate surface area is 139 Å². The third kappa shape index (κ3) is 3.09. The van der Waals surface area contributed by atoms with Gasteiger partial charge in [0.05, 0.1) is 17.2 Å². The third-order valence-electron chi connectivity index (χ3n) is 4.24. The number of alkyl halides is 3. The van der Waals surface area contributed by atoms with Gasteiger partial charge < -0.3 is 10.2 Å². The lowest BCUT2D eigenvalue weighted by molar-refractivity contribution is -0.142. The number of rotatable bonds is 3. The molecule has 0 saturated carbocycles. The molecule has 1 aliphatic rings. The molecule has 2 N–H and O–H groups in total. The molecule has 1 aromatic carbocycles. The number of aromatic carboxylic acids is 1. The molecular formula is C16H13F3N2O4. The molecule has 1 aromatic heterocycles. The van der Waals surface area contributed by atoms with Crippen LogP contribution in [0.3, 0.4) is 0 Å². The highest BCUT2D eigenvalue weighted by atomic mass is 19.4. The van der Waals surface area contributed by atoms with Gasteiger partial charge in [-0.2, -0.15) is 18.3 Å². The van der Waals surface area contributed by atoms with Gasteiger partial charge in [-0.3, -0.25) is 4.79 Å². The van der Waals surface area contributed by atoms with E-state index in [0.29, 0.717) is 5.69 Å². The second kappa shape index (κ2) is 5.91. The molecule has 132 valence electrons. The summed E-state index contributed by atoms with van der Waals surface area (Å²) in [5, 5.41) is 22.4. The molecule has 0 saturated heterocycles. The fourth-order valence-corrected chi connectivity index (χ4v) is 3.03. The Balaban J connectivity index is 2.12. The number of aliphatic carboxylic acids is 1. The van der Waals surface area contributed by atoms with Gasteiger partial charge in [-0.15, -0.1) is 0 Å². The SMILES string of the molecule is O=C(O)c1nn(-c2cccc(C(F)(F)F)c2)c2c1CC(C(=O)O)CC2. The van der Waals surface area contributed by atoms with Crippen LogP contribution < -0.4 is 0 Å². The molecular weight excluding hydrogens is 341 g/mol. The van der Waals surface area contributed by atoms with Crippen LogP contribution in [0.15, 0.2) is 24.3 Å². The monoisotopic (exact) mass is 354 g/mol. The lowest BCUT2D eigenvalue weighted by atomic mass is 9.86. The van der Waals surface area contributed by atoms with E-state index in [0.717, 1.165) is 12.1 Å². The lowest BCUT2D eigenvalue weighted by Crippen LogP contribution is -2.23. The Hall–Kier alpha value is -2.84. The molecule has 6 nitrogen and oxygen atoms in total. The topological polar surface area (TPSA) is 92.4 Å². The minimum absolute atomic E-state index is 0.00867. The zero-order chi connectivity index (χ0) is 18.4. The zero-order valence-corrected chi connectivity index (χ0v) is 12.7. The van der Waals surface area contributed by atoms with Crippen molar-refractivity contribution in [3.63, 3.8) is 0 Å². The summed E-state index contributed by atoms with van der Waals surface area (Å²) in [4.78, 5) is 22.6. The van der Waals surface area contributed by atoms with Crippen LogP contribution in [0.5, 0.6) is 0 Å². The fraction of sp³-hybridized carbons (Fsp3) is 0.312. The highest BCUT2D eigenvalue weighted by Crippen LogP contribution is 2.33. The average Bonchev–Trinajstić information content (AvgIpc) is 2.93. The molecule has 1 atom stereocenters. The Kier molecular flexibility index (Phi) is 4.02. The number of aromatic nitrogens is 2. The molecule has 0 radical (unpaired) electrons.